The molecule has 1 aromatic carbocycles. The number of nitrogens with zero attached hydrogens (tertiary/aromatic N) is 3. The van der Waals surface area contributed by atoms with Crippen molar-refractivity contribution in [2.45, 2.75) is 45.3 Å². The van der Waals surface area contributed by atoms with Gasteiger partial charge in [0.1, 0.15) is 5.69 Å². The van der Waals surface area contributed by atoms with Gasteiger partial charge in [-0.2, -0.15) is 0 Å². The van der Waals surface area contributed by atoms with Gasteiger partial charge in [0.25, 0.3) is 0 Å². The number of rotatable bonds is 4. The quantitative estimate of drug-likeness (QED) is 0.698. The zero-order valence-corrected chi connectivity index (χ0v) is 16.8. The number of aliphatic hydroxyl groups is 1. The van der Waals surface area contributed by atoms with Crippen LogP contribution in [0.2, 0.25) is 0 Å². The van der Waals surface area contributed by atoms with Crippen LogP contribution in [0.4, 0.5) is 10.3 Å². The third kappa shape index (κ3) is 3.80. The van der Waals surface area contributed by atoms with Crippen molar-refractivity contribution in [3.8, 4) is 11.3 Å². The third-order valence-electron chi connectivity index (χ3n) is 5.46. The standard InChI is InChI=1S/C22H25FN4O2/c1-12(2)14-6-8-24-18-5-4-15(13(3)20(14)18)21-16(23)10-25-22(27-21)26-17-7-9-29-11-19(17)28/h4-6,8,10,12,17,19,28H,7,9,11H2,1-3H3,(H,25,26,27)/t17-,19-/m1/s1. The number of aromatic nitrogens is 3. The van der Waals surface area contributed by atoms with Crippen molar-refractivity contribution >= 4 is 16.9 Å². The Kier molecular flexibility index (Phi) is 5.43. The van der Waals surface area contributed by atoms with E-state index < -0.39 is 11.9 Å². The molecule has 1 aliphatic rings. The number of nitrogens with one attached hydrogen (secondary N) is 1. The van der Waals surface area contributed by atoms with E-state index >= 15 is 0 Å². The van der Waals surface area contributed by atoms with E-state index in [1.54, 1.807) is 0 Å². The molecule has 0 spiro atoms. The monoisotopic (exact) mass is 396 g/mol. The number of anilines is 1. The molecule has 29 heavy (non-hydrogen) atoms. The fourth-order valence-corrected chi connectivity index (χ4v) is 3.87. The fraction of sp³-hybridized carbons (Fsp3) is 0.409. The Labute approximate surface area is 169 Å². The molecule has 2 aromatic heterocycles. The SMILES string of the molecule is Cc1c(-c2nc(N[C@@H]3CCOC[C@H]3O)ncc2F)ccc2nccc(C(C)C)c12. The topological polar surface area (TPSA) is 80.2 Å². The molecule has 7 heteroatoms. The summed E-state index contributed by atoms with van der Waals surface area (Å²) in [5.74, 6) is 0.125. The number of aryl methyl sites for hydroxylation is 1. The molecule has 4 rings (SSSR count). The van der Waals surface area contributed by atoms with Crippen LogP contribution in [-0.2, 0) is 4.74 Å². The summed E-state index contributed by atoms with van der Waals surface area (Å²) in [4.78, 5) is 13.0. The predicted molar refractivity (Wildman–Crippen MR) is 110 cm³/mol. The van der Waals surface area contributed by atoms with Crippen molar-refractivity contribution < 1.29 is 14.2 Å². The van der Waals surface area contributed by atoms with Crippen LogP contribution in [0, 0.1) is 12.7 Å². The number of fused-ring (bicyclic) bond motifs is 1. The first-order chi connectivity index (χ1) is 14.0. The highest BCUT2D eigenvalue weighted by atomic mass is 19.1. The molecule has 2 atom stereocenters. The number of hydrogen-bond donors (Lipinski definition) is 2. The highest BCUT2D eigenvalue weighted by Crippen LogP contribution is 2.34. The zero-order valence-electron chi connectivity index (χ0n) is 16.8. The Bertz CT molecular complexity index is 1040. The lowest BCUT2D eigenvalue weighted by Gasteiger charge is -2.28. The van der Waals surface area contributed by atoms with Gasteiger partial charge in [-0.05, 0) is 42.5 Å². The lowest BCUT2D eigenvalue weighted by molar-refractivity contribution is -0.0136. The van der Waals surface area contributed by atoms with Gasteiger partial charge in [-0.25, -0.2) is 14.4 Å². The van der Waals surface area contributed by atoms with E-state index in [0.717, 1.165) is 16.5 Å². The average molecular weight is 396 g/mol. The van der Waals surface area contributed by atoms with Crippen molar-refractivity contribution in [3.63, 3.8) is 0 Å². The summed E-state index contributed by atoms with van der Waals surface area (Å²) < 4.78 is 20.0. The Balaban J connectivity index is 1.77. The first kappa shape index (κ1) is 19.7. The van der Waals surface area contributed by atoms with Crippen LogP contribution in [0.1, 0.15) is 37.3 Å². The highest BCUT2D eigenvalue weighted by molar-refractivity contribution is 5.91. The summed E-state index contributed by atoms with van der Waals surface area (Å²) in [5.41, 5.74) is 3.95. The molecule has 1 fully saturated rings. The normalized spacial score (nSPS) is 19.7. The zero-order chi connectivity index (χ0) is 20.5. The first-order valence-electron chi connectivity index (χ1n) is 9.89. The van der Waals surface area contributed by atoms with Crippen LogP contribution in [0.3, 0.4) is 0 Å². The molecule has 0 radical (unpaired) electrons. The van der Waals surface area contributed by atoms with Crippen LogP contribution in [0.15, 0.2) is 30.6 Å². The van der Waals surface area contributed by atoms with E-state index in [-0.39, 0.29) is 18.3 Å². The molecule has 152 valence electrons. The largest absolute Gasteiger partial charge is 0.389 e. The van der Waals surface area contributed by atoms with Crippen molar-refractivity contribution in [2.75, 3.05) is 18.5 Å². The Hall–Kier alpha value is -2.64. The van der Waals surface area contributed by atoms with Crippen molar-refractivity contribution in [1.29, 1.82) is 0 Å². The second-order valence-corrected chi connectivity index (χ2v) is 7.76. The van der Waals surface area contributed by atoms with Gasteiger partial charge in [-0.15, -0.1) is 0 Å². The summed E-state index contributed by atoms with van der Waals surface area (Å²) in [6.07, 6.45) is 2.97. The van der Waals surface area contributed by atoms with Crippen LogP contribution in [0.25, 0.3) is 22.2 Å². The molecule has 0 aliphatic carbocycles. The summed E-state index contributed by atoms with van der Waals surface area (Å²) in [5, 5.41) is 14.2. The van der Waals surface area contributed by atoms with Crippen molar-refractivity contribution in [3.05, 3.63) is 47.5 Å². The van der Waals surface area contributed by atoms with E-state index in [1.165, 1.54) is 11.8 Å². The predicted octanol–water partition coefficient (Wildman–Crippen LogP) is 3.82. The lowest BCUT2D eigenvalue weighted by Crippen LogP contribution is -2.42. The maximum absolute atomic E-state index is 14.7. The molecule has 1 saturated heterocycles. The molecule has 0 amide bonds. The van der Waals surface area contributed by atoms with Gasteiger partial charge >= 0.3 is 0 Å². The number of aliphatic hydroxyl groups excluding tert-OH is 1. The molecule has 0 bridgehead atoms. The smallest absolute Gasteiger partial charge is 0.223 e. The maximum Gasteiger partial charge on any atom is 0.223 e. The molecule has 3 aromatic rings. The number of benzene rings is 1. The Morgan fingerprint density at radius 2 is 2.07 bits per heavy atom. The van der Waals surface area contributed by atoms with Crippen LogP contribution < -0.4 is 5.32 Å². The van der Waals surface area contributed by atoms with E-state index in [2.05, 4.69) is 34.1 Å². The van der Waals surface area contributed by atoms with Gasteiger partial charge in [0.15, 0.2) is 5.82 Å². The molecule has 0 saturated carbocycles. The molecule has 3 heterocycles. The molecular formula is C22H25FN4O2. The Morgan fingerprint density at radius 3 is 2.83 bits per heavy atom. The van der Waals surface area contributed by atoms with E-state index in [1.807, 2.05) is 31.3 Å². The van der Waals surface area contributed by atoms with Crippen LogP contribution in [-0.4, -0.2) is 45.4 Å². The van der Waals surface area contributed by atoms with Gasteiger partial charge in [0, 0.05) is 23.8 Å². The van der Waals surface area contributed by atoms with Gasteiger partial charge in [0.05, 0.1) is 30.5 Å². The van der Waals surface area contributed by atoms with Crippen molar-refractivity contribution in [2.24, 2.45) is 0 Å². The van der Waals surface area contributed by atoms with Gasteiger partial charge in [-0.3, -0.25) is 4.98 Å². The molecule has 6 nitrogen and oxygen atoms in total. The number of pyridine rings is 1. The number of hydrogen-bond acceptors (Lipinski definition) is 6. The minimum absolute atomic E-state index is 0.225. The van der Waals surface area contributed by atoms with E-state index in [4.69, 9.17) is 4.74 Å². The highest BCUT2D eigenvalue weighted by Gasteiger charge is 2.25. The molecule has 0 unspecified atom stereocenters. The minimum Gasteiger partial charge on any atom is -0.389 e. The molecular weight excluding hydrogens is 371 g/mol. The molecule has 2 N–H and O–H groups in total. The van der Waals surface area contributed by atoms with Gasteiger partial charge < -0.3 is 15.2 Å². The van der Waals surface area contributed by atoms with Crippen molar-refractivity contribution in [1.82, 2.24) is 15.0 Å². The van der Waals surface area contributed by atoms with Crippen LogP contribution in [0.5, 0.6) is 0 Å². The fourth-order valence-electron chi connectivity index (χ4n) is 3.87. The second-order valence-electron chi connectivity index (χ2n) is 7.76. The number of halogens is 1. The summed E-state index contributed by atoms with van der Waals surface area (Å²) in [6.45, 7) is 7.06. The van der Waals surface area contributed by atoms with E-state index in [0.29, 0.717) is 30.5 Å². The van der Waals surface area contributed by atoms with Crippen LogP contribution >= 0.6 is 0 Å². The Morgan fingerprint density at radius 1 is 1.24 bits per heavy atom. The van der Waals surface area contributed by atoms with Gasteiger partial charge in [0.2, 0.25) is 5.95 Å². The maximum atomic E-state index is 14.7. The minimum atomic E-state index is -0.650. The number of ether oxygens (including phenoxy) is 1. The first-order valence-corrected chi connectivity index (χ1v) is 9.89. The third-order valence-corrected chi connectivity index (χ3v) is 5.46. The molecule has 1 aliphatic heterocycles. The lowest BCUT2D eigenvalue weighted by atomic mass is 9.92. The summed E-state index contributed by atoms with van der Waals surface area (Å²) in [7, 11) is 0. The average Bonchev–Trinajstić information content (AvgIpc) is 2.71. The second kappa shape index (κ2) is 8.00. The van der Waals surface area contributed by atoms with Gasteiger partial charge in [-0.1, -0.05) is 19.9 Å². The summed E-state index contributed by atoms with van der Waals surface area (Å²) in [6, 6.07) is 5.55. The van der Waals surface area contributed by atoms with E-state index in [9.17, 15) is 9.50 Å². The summed E-state index contributed by atoms with van der Waals surface area (Å²) >= 11 is 0.